The number of nitrogens with one attached hydrogen (secondary N) is 2. The summed E-state index contributed by atoms with van der Waals surface area (Å²) in [6.45, 7) is 7.70. The van der Waals surface area contributed by atoms with Crippen molar-refractivity contribution in [3.63, 3.8) is 0 Å². The van der Waals surface area contributed by atoms with Gasteiger partial charge >= 0.3 is 0 Å². The van der Waals surface area contributed by atoms with Crippen molar-refractivity contribution in [2.45, 2.75) is 31.7 Å². The van der Waals surface area contributed by atoms with Gasteiger partial charge in [-0.2, -0.15) is 0 Å². The SMILES string of the molecule is C1CC(N2CCC3(CCNC3)C2)CCN1. The zero-order valence-electron chi connectivity index (χ0n) is 9.60. The fourth-order valence-corrected chi connectivity index (χ4v) is 3.60. The molecule has 86 valence electrons. The van der Waals surface area contributed by atoms with Crippen LogP contribution in [0.25, 0.3) is 0 Å². The highest BCUT2D eigenvalue weighted by molar-refractivity contribution is 4.97. The molecule has 0 aromatic carbocycles. The molecule has 0 amide bonds. The molecule has 3 aliphatic rings. The van der Waals surface area contributed by atoms with Crippen molar-refractivity contribution in [3.8, 4) is 0 Å². The van der Waals surface area contributed by atoms with E-state index in [0.29, 0.717) is 5.41 Å². The standard InChI is InChI=1S/C12H23N3/c1-5-13-6-2-11(1)15-8-4-12(10-15)3-7-14-9-12/h11,13-14H,1-10H2. The monoisotopic (exact) mass is 209 g/mol. The second-order valence-corrected chi connectivity index (χ2v) is 5.63. The largest absolute Gasteiger partial charge is 0.317 e. The van der Waals surface area contributed by atoms with Crippen LogP contribution in [0.2, 0.25) is 0 Å². The minimum absolute atomic E-state index is 0.658. The summed E-state index contributed by atoms with van der Waals surface area (Å²) in [5, 5.41) is 7.00. The predicted octanol–water partition coefficient (Wildman–Crippen LogP) is 0.424. The molecule has 0 saturated carbocycles. The molecule has 0 aromatic rings. The molecule has 0 bridgehead atoms. The molecule has 3 fully saturated rings. The topological polar surface area (TPSA) is 27.3 Å². The highest BCUT2D eigenvalue weighted by Crippen LogP contribution is 2.37. The molecular weight excluding hydrogens is 186 g/mol. The van der Waals surface area contributed by atoms with Crippen LogP contribution in [-0.4, -0.2) is 50.2 Å². The lowest BCUT2D eigenvalue weighted by Crippen LogP contribution is -2.43. The van der Waals surface area contributed by atoms with Gasteiger partial charge in [0.05, 0.1) is 0 Å². The molecule has 3 saturated heterocycles. The predicted molar refractivity (Wildman–Crippen MR) is 62.0 cm³/mol. The number of piperidine rings is 1. The Labute approximate surface area is 92.6 Å². The van der Waals surface area contributed by atoms with Crippen molar-refractivity contribution in [3.05, 3.63) is 0 Å². The molecule has 1 spiro atoms. The third-order valence-electron chi connectivity index (χ3n) is 4.63. The van der Waals surface area contributed by atoms with Crippen LogP contribution in [-0.2, 0) is 0 Å². The third kappa shape index (κ3) is 1.93. The Balaban J connectivity index is 1.60. The van der Waals surface area contributed by atoms with E-state index in [1.807, 2.05) is 0 Å². The van der Waals surface area contributed by atoms with Crippen LogP contribution in [0.4, 0.5) is 0 Å². The molecule has 0 aliphatic carbocycles. The van der Waals surface area contributed by atoms with E-state index in [2.05, 4.69) is 15.5 Å². The highest BCUT2D eigenvalue weighted by atomic mass is 15.2. The van der Waals surface area contributed by atoms with Crippen LogP contribution in [0.5, 0.6) is 0 Å². The summed E-state index contributed by atoms with van der Waals surface area (Å²) in [5.74, 6) is 0. The third-order valence-corrected chi connectivity index (χ3v) is 4.63. The van der Waals surface area contributed by atoms with E-state index < -0.39 is 0 Å². The maximum absolute atomic E-state index is 3.54. The molecular formula is C12H23N3. The van der Waals surface area contributed by atoms with Crippen molar-refractivity contribution in [2.75, 3.05) is 39.3 Å². The summed E-state index contributed by atoms with van der Waals surface area (Å²) in [6.07, 6.45) is 5.57. The first-order chi connectivity index (χ1) is 7.38. The van der Waals surface area contributed by atoms with Crippen molar-refractivity contribution >= 4 is 0 Å². The average Bonchev–Trinajstić information content (AvgIpc) is 2.91. The first-order valence-corrected chi connectivity index (χ1v) is 6.54. The minimum Gasteiger partial charge on any atom is -0.317 e. The van der Waals surface area contributed by atoms with Gasteiger partial charge in [-0.1, -0.05) is 0 Å². The summed E-state index contributed by atoms with van der Waals surface area (Å²) in [5.41, 5.74) is 0.658. The number of likely N-dealkylation sites (tertiary alicyclic amines) is 1. The number of hydrogen-bond acceptors (Lipinski definition) is 3. The molecule has 15 heavy (non-hydrogen) atoms. The molecule has 0 aromatic heterocycles. The van der Waals surface area contributed by atoms with Crippen LogP contribution in [0.1, 0.15) is 25.7 Å². The Hall–Kier alpha value is -0.120. The summed E-state index contributed by atoms with van der Waals surface area (Å²) >= 11 is 0. The lowest BCUT2D eigenvalue weighted by molar-refractivity contribution is 0.176. The lowest BCUT2D eigenvalue weighted by atomic mass is 9.86. The van der Waals surface area contributed by atoms with E-state index in [-0.39, 0.29) is 0 Å². The molecule has 3 heteroatoms. The van der Waals surface area contributed by atoms with Gasteiger partial charge in [-0.25, -0.2) is 0 Å². The Bertz CT molecular complexity index is 217. The average molecular weight is 209 g/mol. The summed E-state index contributed by atoms with van der Waals surface area (Å²) in [4.78, 5) is 2.77. The normalized spacial score (nSPS) is 39.2. The molecule has 3 rings (SSSR count). The van der Waals surface area contributed by atoms with Crippen LogP contribution in [0, 0.1) is 5.41 Å². The minimum atomic E-state index is 0.658. The molecule has 3 nitrogen and oxygen atoms in total. The number of nitrogens with zero attached hydrogens (tertiary/aromatic N) is 1. The Kier molecular flexibility index (Phi) is 2.71. The molecule has 1 unspecified atom stereocenters. The highest BCUT2D eigenvalue weighted by Gasteiger charge is 2.42. The van der Waals surface area contributed by atoms with E-state index in [0.717, 1.165) is 6.04 Å². The second kappa shape index (κ2) is 4.04. The maximum atomic E-state index is 3.54. The van der Waals surface area contributed by atoms with Gasteiger partial charge in [-0.15, -0.1) is 0 Å². The molecule has 3 aliphatic heterocycles. The smallest absolute Gasteiger partial charge is 0.0120 e. The molecule has 1 atom stereocenters. The van der Waals surface area contributed by atoms with Crippen LogP contribution in [0.3, 0.4) is 0 Å². The van der Waals surface area contributed by atoms with Crippen molar-refractivity contribution in [1.82, 2.24) is 15.5 Å². The van der Waals surface area contributed by atoms with Crippen LogP contribution in [0.15, 0.2) is 0 Å². The van der Waals surface area contributed by atoms with Gasteiger partial charge in [0, 0.05) is 19.1 Å². The van der Waals surface area contributed by atoms with Crippen molar-refractivity contribution in [1.29, 1.82) is 0 Å². The van der Waals surface area contributed by atoms with Gasteiger partial charge in [0.1, 0.15) is 0 Å². The van der Waals surface area contributed by atoms with Gasteiger partial charge in [-0.3, -0.25) is 4.90 Å². The number of hydrogen-bond donors (Lipinski definition) is 2. The summed E-state index contributed by atoms with van der Waals surface area (Å²) < 4.78 is 0. The van der Waals surface area contributed by atoms with Crippen molar-refractivity contribution < 1.29 is 0 Å². The van der Waals surface area contributed by atoms with Crippen LogP contribution < -0.4 is 10.6 Å². The van der Waals surface area contributed by atoms with E-state index in [1.54, 1.807) is 0 Å². The Morgan fingerprint density at radius 3 is 2.60 bits per heavy atom. The van der Waals surface area contributed by atoms with E-state index in [1.165, 1.54) is 65.0 Å². The van der Waals surface area contributed by atoms with Crippen molar-refractivity contribution in [2.24, 2.45) is 5.41 Å². The van der Waals surface area contributed by atoms with Gasteiger partial charge < -0.3 is 10.6 Å². The first-order valence-electron chi connectivity index (χ1n) is 6.54. The second-order valence-electron chi connectivity index (χ2n) is 5.63. The summed E-state index contributed by atoms with van der Waals surface area (Å²) in [7, 11) is 0. The molecule has 2 N–H and O–H groups in total. The fourth-order valence-electron chi connectivity index (χ4n) is 3.60. The van der Waals surface area contributed by atoms with E-state index in [9.17, 15) is 0 Å². The zero-order chi connectivity index (χ0) is 10.1. The molecule has 0 radical (unpaired) electrons. The van der Waals surface area contributed by atoms with Crippen LogP contribution >= 0.6 is 0 Å². The van der Waals surface area contributed by atoms with E-state index >= 15 is 0 Å². The van der Waals surface area contributed by atoms with E-state index in [4.69, 9.17) is 0 Å². The van der Waals surface area contributed by atoms with Gasteiger partial charge in [0.15, 0.2) is 0 Å². The van der Waals surface area contributed by atoms with Gasteiger partial charge in [0.2, 0.25) is 0 Å². The van der Waals surface area contributed by atoms with Gasteiger partial charge in [0.25, 0.3) is 0 Å². The maximum Gasteiger partial charge on any atom is 0.0120 e. The Morgan fingerprint density at radius 1 is 1.00 bits per heavy atom. The summed E-state index contributed by atoms with van der Waals surface area (Å²) in [6, 6.07) is 0.881. The fraction of sp³-hybridized carbons (Fsp3) is 1.00. The quantitative estimate of drug-likeness (QED) is 0.655. The number of rotatable bonds is 1. The first kappa shape index (κ1) is 10.1. The van der Waals surface area contributed by atoms with Gasteiger partial charge in [-0.05, 0) is 57.3 Å². The zero-order valence-corrected chi connectivity index (χ0v) is 9.60. The lowest BCUT2D eigenvalue weighted by Gasteiger charge is -2.32. The molecule has 3 heterocycles. The Morgan fingerprint density at radius 2 is 1.87 bits per heavy atom.